The minimum absolute atomic E-state index is 0.806. The molecule has 0 aromatic heterocycles. The molecular weight excluding hydrogens is 158 g/mol. The molecule has 0 saturated carbocycles. The molecule has 0 aromatic carbocycles. The lowest BCUT2D eigenvalue weighted by Crippen LogP contribution is -2.48. The molecular formula is C9H21ClN+. The maximum Gasteiger partial charge on any atom is 0.0797 e. The van der Waals surface area contributed by atoms with Gasteiger partial charge < -0.3 is 4.48 Å². The summed E-state index contributed by atoms with van der Waals surface area (Å²) in [5.74, 6) is 0.806. The Morgan fingerprint density at radius 3 is 1.73 bits per heavy atom. The maximum atomic E-state index is 5.67. The van der Waals surface area contributed by atoms with Crippen LogP contribution in [-0.4, -0.2) is 36.5 Å². The van der Waals surface area contributed by atoms with Gasteiger partial charge in [-0.15, -0.1) is 11.6 Å². The Morgan fingerprint density at radius 2 is 1.45 bits per heavy atom. The van der Waals surface area contributed by atoms with Gasteiger partial charge in [0.1, 0.15) is 0 Å². The monoisotopic (exact) mass is 178 g/mol. The van der Waals surface area contributed by atoms with Crippen molar-refractivity contribution in [3.8, 4) is 0 Å². The number of hydrogen-bond donors (Lipinski definition) is 0. The van der Waals surface area contributed by atoms with Gasteiger partial charge >= 0.3 is 0 Å². The Hall–Kier alpha value is 0.250. The summed E-state index contributed by atoms with van der Waals surface area (Å²) in [5, 5.41) is 0. The van der Waals surface area contributed by atoms with Gasteiger partial charge in [-0.1, -0.05) is 0 Å². The summed E-state index contributed by atoms with van der Waals surface area (Å²) >= 11 is 5.67. The van der Waals surface area contributed by atoms with Crippen molar-refractivity contribution < 1.29 is 4.48 Å². The molecule has 0 amide bonds. The molecule has 2 heteroatoms. The largest absolute Gasteiger partial charge is 0.324 e. The predicted octanol–water partition coefficient (Wildman–Crippen LogP) is 2.49. The highest BCUT2D eigenvalue weighted by molar-refractivity contribution is 6.17. The molecule has 0 N–H and O–H groups in total. The lowest BCUT2D eigenvalue weighted by molar-refractivity contribution is -0.923. The van der Waals surface area contributed by atoms with E-state index in [0.29, 0.717) is 0 Å². The van der Waals surface area contributed by atoms with Gasteiger partial charge in [-0.05, 0) is 20.8 Å². The van der Waals surface area contributed by atoms with E-state index in [1.165, 1.54) is 30.7 Å². The normalized spacial score (nSPS) is 12.0. The second kappa shape index (κ2) is 5.84. The third-order valence-corrected chi connectivity index (χ3v) is 3.05. The SMILES string of the molecule is CC[N+](CC)(CC)CCCCl. The Morgan fingerprint density at radius 1 is 1.00 bits per heavy atom. The second-order valence-corrected chi connectivity index (χ2v) is 3.43. The zero-order chi connectivity index (χ0) is 8.74. The summed E-state index contributed by atoms with van der Waals surface area (Å²) in [6.45, 7) is 11.8. The zero-order valence-electron chi connectivity index (χ0n) is 8.07. The van der Waals surface area contributed by atoms with Crippen LogP contribution in [0.2, 0.25) is 0 Å². The molecule has 1 nitrogen and oxygen atoms in total. The quantitative estimate of drug-likeness (QED) is 0.433. The van der Waals surface area contributed by atoms with Crippen molar-refractivity contribution in [3.63, 3.8) is 0 Å². The number of alkyl halides is 1. The standard InChI is InChI=1S/C9H21ClN/c1-4-11(5-2,6-3)9-7-8-10/h4-9H2,1-3H3/q+1. The first-order valence-electron chi connectivity index (χ1n) is 4.65. The van der Waals surface area contributed by atoms with Crippen LogP contribution in [0.4, 0.5) is 0 Å². The average molecular weight is 179 g/mol. The predicted molar refractivity (Wildman–Crippen MR) is 52.1 cm³/mol. The van der Waals surface area contributed by atoms with E-state index in [1.807, 2.05) is 0 Å². The fourth-order valence-corrected chi connectivity index (χ4v) is 1.66. The van der Waals surface area contributed by atoms with Crippen LogP contribution in [0.5, 0.6) is 0 Å². The number of hydrogen-bond acceptors (Lipinski definition) is 0. The molecule has 0 rings (SSSR count). The number of nitrogens with zero attached hydrogens (tertiary/aromatic N) is 1. The molecule has 0 radical (unpaired) electrons. The summed E-state index contributed by atoms with van der Waals surface area (Å²) in [6.07, 6.45) is 1.15. The highest BCUT2D eigenvalue weighted by Crippen LogP contribution is 2.07. The van der Waals surface area contributed by atoms with E-state index in [1.54, 1.807) is 0 Å². The van der Waals surface area contributed by atoms with Gasteiger partial charge in [0.2, 0.25) is 0 Å². The number of quaternary nitrogens is 1. The van der Waals surface area contributed by atoms with Gasteiger partial charge in [-0.2, -0.15) is 0 Å². The van der Waals surface area contributed by atoms with Gasteiger partial charge in [-0.25, -0.2) is 0 Å². The molecule has 0 heterocycles. The summed E-state index contributed by atoms with van der Waals surface area (Å²) in [7, 11) is 0. The van der Waals surface area contributed by atoms with Gasteiger partial charge in [0.05, 0.1) is 26.2 Å². The maximum absolute atomic E-state index is 5.67. The van der Waals surface area contributed by atoms with Gasteiger partial charge in [0, 0.05) is 12.3 Å². The summed E-state index contributed by atoms with van der Waals surface area (Å²) in [6, 6.07) is 0. The minimum atomic E-state index is 0.806. The Bertz CT molecular complexity index is 81.3. The molecule has 0 unspecified atom stereocenters. The average Bonchev–Trinajstić information content (AvgIpc) is 2.08. The number of halogens is 1. The molecule has 0 spiro atoms. The lowest BCUT2D eigenvalue weighted by atomic mass is 10.3. The van der Waals surface area contributed by atoms with Crippen LogP contribution < -0.4 is 0 Å². The van der Waals surface area contributed by atoms with Crippen LogP contribution in [-0.2, 0) is 0 Å². The molecule has 68 valence electrons. The van der Waals surface area contributed by atoms with Crippen LogP contribution >= 0.6 is 11.6 Å². The van der Waals surface area contributed by atoms with E-state index in [-0.39, 0.29) is 0 Å². The van der Waals surface area contributed by atoms with E-state index < -0.39 is 0 Å². The Balaban J connectivity index is 3.84. The summed E-state index contributed by atoms with van der Waals surface area (Å²) in [4.78, 5) is 0. The zero-order valence-corrected chi connectivity index (χ0v) is 8.82. The van der Waals surface area contributed by atoms with Gasteiger partial charge in [-0.3, -0.25) is 0 Å². The molecule has 0 bridgehead atoms. The first kappa shape index (κ1) is 11.2. The van der Waals surface area contributed by atoms with Crippen LogP contribution in [0.3, 0.4) is 0 Å². The molecule has 0 aliphatic carbocycles. The Labute approximate surface area is 75.9 Å². The van der Waals surface area contributed by atoms with Crippen molar-refractivity contribution in [2.45, 2.75) is 27.2 Å². The summed E-state index contributed by atoms with van der Waals surface area (Å²) in [5.41, 5.74) is 0. The minimum Gasteiger partial charge on any atom is -0.324 e. The Kier molecular flexibility index (Phi) is 5.98. The number of rotatable bonds is 6. The molecule has 0 atom stereocenters. The smallest absolute Gasteiger partial charge is 0.0797 e. The topological polar surface area (TPSA) is 0 Å². The molecule has 0 aromatic rings. The van der Waals surface area contributed by atoms with E-state index in [4.69, 9.17) is 11.6 Å². The van der Waals surface area contributed by atoms with Crippen LogP contribution in [0.1, 0.15) is 27.2 Å². The van der Waals surface area contributed by atoms with Crippen LogP contribution in [0.15, 0.2) is 0 Å². The molecule has 0 saturated heterocycles. The first-order valence-corrected chi connectivity index (χ1v) is 5.19. The first-order chi connectivity index (χ1) is 5.24. The molecule has 0 fully saturated rings. The fraction of sp³-hybridized carbons (Fsp3) is 1.00. The van der Waals surface area contributed by atoms with Crippen molar-refractivity contribution in [3.05, 3.63) is 0 Å². The highest BCUT2D eigenvalue weighted by Gasteiger charge is 2.18. The van der Waals surface area contributed by atoms with E-state index in [2.05, 4.69) is 20.8 Å². The second-order valence-electron chi connectivity index (χ2n) is 3.06. The third kappa shape index (κ3) is 3.44. The van der Waals surface area contributed by atoms with E-state index in [0.717, 1.165) is 12.3 Å². The van der Waals surface area contributed by atoms with Gasteiger partial charge in [0.15, 0.2) is 0 Å². The fourth-order valence-electron chi connectivity index (χ4n) is 1.54. The molecule has 0 aliphatic rings. The molecule has 11 heavy (non-hydrogen) atoms. The lowest BCUT2D eigenvalue weighted by Gasteiger charge is -2.35. The van der Waals surface area contributed by atoms with Crippen molar-refractivity contribution in [1.29, 1.82) is 0 Å². The summed E-state index contributed by atoms with van der Waals surface area (Å²) < 4.78 is 1.23. The van der Waals surface area contributed by atoms with Gasteiger partial charge in [0.25, 0.3) is 0 Å². The van der Waals surface area contributed by atoms with E-state index in [9.17, 15) is 0 Å². The third-order valence-electron chi connectivity index (χ3n) is 2.78. The molecule has 0 aliphatic heterocycles. The highest BCUT2D eigenvalue weighted by atomic mass is 35.5. The van der Waals surface area contributed by atoms with Crippen molar-refractivity contribution in [2.24, 2.45) is 0 Å². The van der Waals surface area contributed by atoms with E-state index >= 15 is 0 Å². The van der Waals surface area contributed by atoms with Crippen LogP contribution in [0.25, 0.3) is 0 Å². The van der Waals surface area contributed by atoms with Crippen LogP contribution in [0, 0.1) is 0 Å². The van der Waals surface area contributed by atoms with Crippen molar-refractivity contribution in [2.75, 3.05) is 32.1 Å². The van der Waals surface area contributed by atoms with Crippen molar-refractivity contribution in [1.82, 2.24) is 0 Å². The van der Waals surface area contributed by atoms with Crippen molar-refractivity contribution >= 4 is 11.6 Å².